The molecule has 0 aromatic carbocycles. The Morgan fingerprint density at radius 2 is 1.71 bits per heavy atom. The van der Waals surface area contributed by atoms with Crippen molar-refractivity contribution in [3.8, 4) is 0 Å². The summed E-state index contributed by atoms with van der Waals surface area (Å²) in [7, 11) is 0. The Hall–Kier alpha value is -1.05. The van der Waals surface area contributed by atoms with E-state index in [1.54, 1.807) is 6.20 Å². The van der Waals surface area contributed by atoms with Crippen LogP contribution in [0.4, 0.5) is 0 Å². The molecule has 1 rings (SSSR count). The molecule has 1 aromatic rings. The summed E-state index contributed by atoms with van der Waals surface area (Å²) in [6.45, 7) is 2.27. The van der Waals surface area contributed by atoms with Gasteiger partial charge in [-0.05, 0) is 12.8 Å². The molecule has 0 spiro atoms. The molecule has 0 unspecified atom stereocenters. The van der Waals surface area contributed by atoms with Crippen LogP contribution in [0.1, 0.15) is 64.7 Å². The summed E-state index contributed by atoms with van der Waals surface area (Å²) in [5, 5.41) is 0. The first-order valence-electron chi connectivity index (χ1n) is 7.07. The highest BCUT2D eigenvalue weighted by Crippen LogP contribution is 2.09. The highest BCUT2D eigenvalue weighted by Gasteiger charge is 1.90. The summed E-state index contributed by atoms with van der Waals surface area (Å²) in [5.74, 6) is 0. The third-order valence-corrected chi connectivity index (χ3v) is 3.03. The number of imidazole rings is 1. The van der Waals surface area contributed by atoms with Crippen molar-refractivity contribution in [1.82, 2.24) is 9.55 Å². The lowest BCUT2D eigenvalue weighted by molar-refractivity contribution is 0.578. The van der Waals surface area contributed by atoms with Crippen LogP contribution in [0.5, 0.6) is 0 Å². The van der Waals surface area contributed by atoms with E-state index in [-0.39, 0.29) is 0 Å². The van der Waals surface area contributed by atoms with Gasteiger partial charge in [-0.25, -0.2) is 4.98 Å². The third-order valence-electron chi connectivity index (χ3n) is 3.03. The van der Waals surface area contributed by atoms with Gasteiger partial charge in [0.05, 0.1) is 6.33 Å². The summed E-state index contributed by atoms with van der Waals surface area (Å²) in [5.41, 5.74) is 0. The molecular formula is C15H26N2. The Balaban J connectivity index is 1.84. The van der Waals surface area contributed by atoms with Crippen molar-refractivity contribution in [2.24, 2.45) is 0 Å². The van der Waals surface area contributed by atoms with Gasteiger partial charge in [-0.15, -0.1) is 0 Å². The van der Waals surface area contributed by atoms with Crippen molar-refractivity contribution >= 4 is 6.20 Å². The quantitative estimate of drug-likeness (QED) is 0.527. The molecule has 0 fully saturated rings. The molecule has 0 aliphatic heterocycles. The number of allylic oxidation sites excluding steroid dienone is 1. The molecule has 0 saturated heterocycles. The summed E-state index contributed by atoms with van der Waals surface area (Å²) in [4.78, 5) is 4.00. The smallest absolute Gasteiger partial charge is 0.0986 e. The van der Waals surface area contributed by atoms with Gasteiger partial charge < -0.3 is 4.57 Å². The number of rotatable bonds is 10. The molecular weight excluding hydrogens is 208 g/mol. The summed E-state index contributed by atoms with van der Waals surface area (Å²) in [6.07, 6.45) is 22.2. The fraction of sp³-hybridized carbons (Fsp3) is 0.667. The zero-order valence-electron chi connectivity index (χ0n) is 11.1. The minimum Gasteiger partial charge on any atom is -0.313 e. The van der Waals surface area contributed by atoms with Crippen molar-refractivity contribution in [1.29, 1.82) is 0 Å². The fourth-order valence-electron chi connectivity index (χ4n) is 1.95. The van der Waals surface area contributed by atoms with Crippen molar-refractivity contribution in [3.05, 3.63) is 24.8 Å². The first-order valence-corrected chi connectivity index (χ1v) is 7.07. The van der Waals surface area contributed by atoms with Gasteiger partial charge in [0.1, 0.15) is 0 Å². The summed E-state index contributed by atoms with van der Waals surface area (Å²) >= 11 is 0. The lowest BCUT2D eigenvalue weighted by atomic mass is 10.1. The maximum absolute atomic E-state index is 4.00. The van der Waals surface area contributed by atoms with Gasteiger partial charge in [0.2, 0.25) is 0 Å². The van der Waals surface area contributed by atoms with Gasteiger partial charge in [-0.2, -0.15) is 0 Å². The highest BCUT2D eigenvalue weighted by molar-refractivity contribution is 5.20. The second-order valence-corrected chi connectivity index (χ2v) is 4.66. The SMILES string of the molecule is CCCCCCCCCCC=Cn1ccnc1. The van der Waals surface area contributed by atoms with E-state index in [4.69, 9.17) is 0 Å². The highest BCUT2D eigenvalue weighted by atomic mass is 15.0. The topological polar surface area (TPSA) is 17.8 Å². The zero-order valence-corrected chi connectivity index (χ0v) is 11.1. The van der Waals surface area contributed by atoms with Gasteiger partial charge in [0.15, 0.2) is 0 Å². The molecule has 0 atom stereocenters. The molecule has 0 N–H and O–H groups in total. The largest absolute Gasteiger partial charge is 0.313 e. The molecule has 0 aliphatic rings. The van der Waals surface area contributed by atoms with Crippen molar-refractivity contribution in [2.45, 2.75) is 64.7 Å². The average Bonchev–Trinajstić information content (AvgIpc) is 2.85. The van der Waals surface area contributed by atoms with Gasteiger partial charge >= 0.3 is 0 Å². The van der Waals surface area contributed by atoms with Crippen LogP contribution < -0.4 is 0 Å². The van der Waals surface area contributed by atoms with Gasteiger partial charge in [0, 0.05) is 18.6 Å². The van der Waals surface area contributed by atoms with Crippen molar-refractivity contribution < 1.29 is 0 Å². The Kier molecular flexibility index (Phi) is 8.35. The van der Waals surface area contributed by atoms with Crippen LogP contribution in [-0.4, -0.2) is 9.55 Å². The minimum absolute atomic E-state index is 1.19. The number of hydrogen-bond acceptors (Lipinski definition) is 1. The molecule has 0 radical (unpaired) electrons. The van der Waals surface area contributed by atoms with Gasteiger partial charge in [-0.1, -0.05) is 57.9 Å². The molecule has 96 valence electrons. The van der Waals surface area contributed by atoms with E-state index in [1.807, 2.05) is 17.1 Å². The van der Waals surface area contributed by atoms with Crippen LogP contribution >= 0.6 is 0 Å². The monoisotopic (exact) mass is 234 g/mol. The van der Waals surface area contributed by atoms with E-state index < -0.39 is 0 Å². The number of unbranched alkanes of at least 4 members (excludes halogenated alkanes) is 8. The number of nitrogens with zero attached hydrogens (tertiary/aromatic N) is 2. The van der Waals surface area contributed by atoms with Crippen LogP contribution in [0.15, 0.2) is 24.8 Å². The average molecular weight is 234 g/mol. The lowest BCUT2D eigenvalue weighted by Crippen LogP contribution is -1.81. The van der Waals surface area contributed by atoms with E-state index in [9.17, 15) is 0 Å². The summed E-state index contributed by atoms with van der Waals surface area (Å²) in [6, 6.07) is 0. The number of aromatic nitrogens is 2. The van der Waals surface area contributed by atoms with E-state index in [0.29, 0.717) is 0 Å². The maximum Gasteiger partial charge on any atom is 0.0986 e. The third kappa shape index (κ3) is 7.78. The molecule has 0 aliphatic carbocycles. The van der Waals surface area contributed by atoms with Crippen LogP contribution in [0, 0.1) is 0 Å². The van der Waals surface area contributed by atoms with Crippen LogP contribution in [0.3, 0.4) is 0 Å². The fourth-order valence-corrected chi connectivity index (χ4v) is 1.95. The predicted octanol–water partition coefficient (Wildman–Crippen LogP) is 4.88. The molecule has 2 nitrogen and oxygen atoms in total. The summed E-state index contributed by atoms with van der Waals surface area (Å²) < 4.78 is 1.99. The van der Waals surface area contributed by atoms with E-state index in [1.165, 1.54) is 57.8 Å². The Morgan fingerprint density at radius 3 is 2.35 bits per heavy atom. The molecule has 1 aromatic heterocycles. The minimum atomic E-state index is 1.19. The van der Waals surface area contributed by atoms with E-state index in [2.05, 4.69) is 24.2 Å². The van der Waals surface area contributed by atoms with Gasteiger partial charge in [0.25, 0.3) is 0 Å². The Bertz CT molecular complexity index is 275. The maximum atomic E-state index is 4.00. The molecule has 0 saturated carbocycles. The zero-order chi connectivity index (χ0) is 12.2. The molecule has 17 heavy (non-hydrogen) atoms. The standard InChI is InChI=1S/C15H26N2/c1-2-3-4-5-6-7-8-9-10-11-13-17-14-12-16-15-17/h11-15H,2-10H2,1H3. The van der Waals surface area contributed by atoms with Crippen molar-refractivity contribution in [3.63, 3.8) is 0 Å². The van der Waals surface area contributed by atoms with Crippen LogP contribution in [0.2, 0.25) is 0 Å². The van der Waals surface area contributed by atoms with E-state index in [0.717, 1.165) is 0 Å². The molecule has 1 heterocycles. The first-order chi connectivity index (χ1) is 8.43. The van der Waals surface area contributed by atoms with E-state index >= 15 is 0 Å². The number of hydrogen-bond donors (Lipinski definition) is 0. The van der Waals surface area contributed by atoms with Crippen molar-refractivity contribution in [2.75, 3.05) is 0 Å². The molecule has 2 heteroatoms. The van der Waals surface area contributed by atoms with Crippen LogP contribution in [-0.2, 0) is 0 Å². The van der Waals surface area contributed by atoms with Gasteiger partial charge in [-0.3, -0.25) is 0 Å². The predicted molar refractivity (Wildman–Crippen MR) is 74.8 cm³/mol. The Labute approximate surface area is 106 Å². The van der Waals surface area contributed by atoms with Crippen LogP contribution in [0.25, 0.3) is 6.20 Å². The Morgan fingerprint density at radius 1 is 1.00 bits per heavy atom. The first kappa shape index (κ1) is 14.0. The molecule has 0 amide bonds. The molecule has 0 bridgehead atoms. The second kappa shape index (κ2) is 10.1. The second-order valence-electron chi connectivity index (χ2n) is 4.66. The normalized spacial score (nSPS) is 11.4. The lowest BCUT2D eigenvalue weighted by Gasteiger charge is -1.99.